The number of hydrogen-bond donors (Lipinski definition) is 0. The maximum Gasteiger partial charge on any atom is 0.163 e. The summed E-state index contributed by atoms with van der Waals surface area (Å²) in [5.41, 5.74) is 10.9. The van der Waals surface area contributed by atoms with E-state index < -0.39 is 0 Å². The van der Waals surface area contributed by atoms with Crippen molar-refractivity contribution in [1.29, 1.82) is 0 Å². The zero-order valence-electron chi connectivity index (χ0n) is 29.1. The minimum Gasteiger partial charge on any atom is -0.365 e. The molecule has 4 nitrogen and oxygen atoms in total. The van der Waals surface area contributed by atoms with E-state index >= 15 is 0 Å². The number of hydrogen-bond acceptors (Lipinski definition) is 4. The van der Waals surface area contributed by atoms with E-state index in [1.54, 1.807) is 0 Å². The van der Waals surface area contributed by atoms with E-state index in [-0.39, 0.29) is 35.4 Å². The first-order valence-electron chi connectivity index (χ1n) is 18.1. The van der Waals surface area contributed by atoms with Crippen molar-refractivity contribution in [2.45, 2.75) is 63.9 Å². The molecule has 9 rings (SSSR count). The van der Waals surface area contributed by atoms with Crippen molar-refractivity contribution in [3.8, 4) is 0 Å². The van der Waals surface area contributed by atoms with Gasteiger partial charge in [-0.15, -0.1) is 0 Å². The lowest BCUT2D eigenvalue weighted by Gasteiger charge is -2.60. The van der Waals surface area contributed by atoms with Crippen LogP contribution in [0.4, 0.5) is 5.69 Å². The summed E-state index contributed by atoms with van der Waals surface area (Å²) in [6, 6.07) is 48.3. The number of rotatable bonds is 6. The lowest BCUT2D eigenvalue weighted by Crippen LogP contribution is -2.62. The fraction of sp³-hybridized carbons (Fsp3) is 0.239. The van der Waals surface area contributed by atoms with Crippen LogP contribution in [0.3, 0.4) is 0 Å². The Bertz CT molecular complexity index is 2160. The molecule has 3 heterocycles. The average molecular weight is 733 g/mol. The Kier molecular flexibility index (Phi) is 8.09. The molecule has 254 valence electrons. The van der Waals surface area contributed by atoms with Crippen LogP contribution in [0.25, 0.3) is 6.08 Å². The highest BCUT2D eigenvalue weighted by Gasteiger charge is 2.56. The molecule has 5 aromatic rings. The van der Waals surface area contributed by atoms with Gasteiger partial charge in [0.25, 0.3) is 0 Å². The van der Waals surface area contributed by atoms with Crippen molar-refractivity contribution >= 4 is 33.5 Å². The summed E-state index contributed by atoms with van der Waals surface area (Å²) in [4.78, 5) is 22.5. The fourth-order valence-electron chi connectivity index (χ4n) is 9.33. The topological polar surface area (TPSA) is 26.8 Å². The van der Waals surface area contributed by atoms with Gasteiger partial charge < -0.3 is 9.80 Å². The molecule has 0 saturated heterocycles. The molecule has 0 spiro atoms. The summed E-state index contributed by atoms with van der Waals surface area (Å²) in [5.74, 6) is 0.309. The van der Waals surface area contributed by atoms with Crippen LogP contribution < -0.4 is 4.90 Å². The number of carbonyl (C=O) groups is 1. The molecule has 51 heavy (non-hydrogen) atoms. The number of halogens is 1. The van der Waals surface area contributed by atoms with Crippen LogP contribution in [0.15, 0.2) is 155 Å². The molecule has 5 aromatic carbocycles. The summed E-state index contributed by atoms with van der Waals surface area (Å²) in [6.07, 6.45) is 5.93. The third kappa shape index (κ3) is 5.68. The zero-order chi connectivity index (χ0) is 34.7. The molecule has 0 fully saturated rings. The average Bonchev–Trinajstić information content (AvgIpc) is 3.13. The first kappa shape index (κ1) is 32.2. The van der Waals surface area contributed by atoms with E-state index in [0.29, 0.717) is 6.42 Å². The van der Waals surface area contributed by atoms with Crippen molar-refractivity contribution in [3.63, 3.8) is 0 Å². The van der Waals surface area contributed by atoms with Crippen molar-refractivity contribution in [2.24, 2.45) is 5.41 Å². The van der Waals surface area contributed by atoms with Gasteiger partial charge in [0.05, 0.1) is 18.2 Å². The highest BCUT2D eigenvalue weighted by molar-refractivity contribution is 9.10. The molecule has 0 unspecified atom stereocenters. The Morgan fingerprint density at radius 1 is 0.686 bits per heavy atom. The normalized spacial score (nSPS) is 23.5. The lowest BCUT2D eigenvalue weighted by atomic mass is 9.66. The smallest absolute Gasteiger partial charge is 0.163 e. The second-order valence-electron chi connectivity index (χ2n) is 15.3. The number of fused-ring (bicyclic) bond motifs is 6. The molecule has 0 saturated carbocycles. The second-order valence-corrected chi connectivity index (χ2v) is 16.2. The number of ketones is 1. The van der Waals surface area contributed by atoms with E-state index in [4.69, 9.17) is 0 Å². The standard InChI is InChI=1S/C46H42BrN3O/c1-46(2)27-39-42(40(51)28-46)44-38-20-12-11-19-37(38)41(43-36-18-10-9-17-33(36)25-26-48(43)29-31-13-5-3-6-14-31)45(49(44)30-32-15-7-4-8-16-32)50(39)35-23-21-34(47)22-24-35/h3-26,41,43-45H,27-30H2,1-2H3/t41-,43+,44-,45-/m1/s1. The van der Waals surface area contributed by atoms with Crippen LogP contribution in [-0.2, 0) is 17.9 Å². The van der Waals surface area contributed by atoms with Crippen molar-refractivity contribution in [2.75, 3.05) is 4.90 Å². The summed E-state index contributed by atoms with van der Waals surface area (Å²) in [5, 5.41) is 0. The third-order valence-corrected chi connectivity index (χ3v) is 11.9. The minimum atomic E-state index is -0.145. The van der Waals surface area contributed by atoms with Crippen LogP contribution in [0.2, 0.25) is 0 Å². The van der Waals surface area contributed by atoms with Crippen LogP contribution in [0, 0.1) is 5.41 Å². The van der Waals surface area contributed by atoms with E-state index in [1.165, 1.54) is 39.1 Å². The van der Waals surface area contributed by atoms with Gasteiger partial charge >= 0.3 is 0 Å². The first-order chi connectivity index (χ1) is 24.9. The molecule has 3 aliphatic heterocycles. The Hall–Kier alpha value is -4.71. The fourth-order valence-corrected chi connectivity index (χ4v) is 9.59. The van der Waals surface area contributed by atoms with Crippen LogP contribution in [0.1, 0.15) is 78.1 Å². The Balaban J connectivity index is 1.33. The van der Waals surface area contributed by atoms with Crippen molar-refractivity contribution in [3.05, 3.63) is 189 Å². The molecular weight excluding hydrogens is 690 g/mol. The molecular formula is C46H42BrN3O. The number of anilines is 1. The highest BCUT2D eigenvalue weighted by Crippen LogP contribution is 2.59. The van der Waals surface area contributed by atoms with Gasteiger partial charge in [-0.2, -0.15) is 0 Å². The molecule has 4 atom stereocenters. The number of Topliss-reactive ketones (excluding diaryl/α,β-unsaturated/α-hetero) is 1. The first-order valence-corrected chi connectivity index (χ1v) is 18.9. The van der Waals surface area contributed by atoms with Gasteiger partial charge in [-0.05, 0) is 75.6 Å². The number of nitrogens with zero attached hydrogens (tertiary/aromatic N) is 3. The largest absolute Gasteiger partial charge is 0.365 e. The van der Waals surface area contributed by atoms with Gasteiger partial charge in [0.1, 0.15) is 0 Å². The third-order valence-electron chi connectivity index (χ3n) is 11.3. The highest BCUT2D eigenvalue weighted by atomic mass is 79.9. The quantitative estimate of drug-likeness (QED) is 0.174. The summed E-state index contributed by atoms with van der Waals surface area (Å²) < 4.78 is 1.04. The van der Waals surface area contributed by atoms with Gasteiger partial charge in [-0.1, -0.05) is 139 Å². The minimum absolute atomic E-state index is 0.0316. The van der Waals surface area contributed by atoms with Gasteiger partial charge in [0, 0.05) is 53.1 Å². The predicted octanol–water partition coefficient (Wildman–Crippen LogP) is 10.8. The number of allylic oxidation sites excluding steroid dienone is 1. The van der Waals surface area contributed by atoms with Crippen LogP contribution in [-0.4, -0.2) is 21.7 Å². The van der Waals surface area contributed by atoms with Crippen LogP contribution in [0.5, 0.6) is 0 Å². The SMILES string of the molecule is CC1(C)CC(=O)C2=C(C1)N(c1ccc(Br)cc1)[C@@H]1[C@@H]([C@@H]3c4ccccc4C=CN3Cc3ccccc3)c3ccccc3[C@H]2N1Cc1ccccc1. The van der Waals surface area contributed by atoms with E-state index in [1.807, 2.05) is 0 Å². The maximum absolute atomic E-state index is 14.6. The lowest BCUT2D eigenvalue weighted by molar-refractivity contribution is -0.119. The van der Waals surface area contributed by atoms with Gasteiger partial charge in [0.15, 0.2) is 5.78 Å². The van der Waals surface area contributed by atoms with Crippen molar-refractivity contribution < 1.29 is 4.79 Å². The molecule has 0 radical (unpaired) electrons. The Morgan fingerprint density at radius 3 is 2.00 bits per heavy atom. The van der Waals surface area contributed by atoms with Gasteiger partial charge in [-0.25, -0.2) is 0 Å². The van der Waals surface area contributed by atoms with Crippen LogP contribution >= 0.6 is 15.9 Å². The van der Waals surface area contributed by atoms with Gasteiger partial charge in [-0.3, -0.25) is 9.69 Å². The van der Waals surface area contributed by atoms with Crippen molar-refractivity contribution in [1.82, 2.24) is 9.80 Å². The van der Waals surface area contributed by atoms with Gasteiger partial charge in [0.2, 0.25) is 0 Å². The molecule has 5 heteroatoms. The summed E-state index contributed by atoms with van der Waals surface area (Å²) >= 11 is 3.72. The molecule has 0 N–H and O–H groups in total. The Labute approximate surface area is 309 Å². The molecule has 1 aliphatic carbocycles. The molecule has 2 bridgehead atoms. The molecule has 4 aliphatic rings. The van der Waals surface area contributed by atoms with E-state index in [2.05, 4.69) is 190 Å². The molecule has 0 amide bonds. The zero-order valence-corrected chi connectivity index (χ0v) is 30.7. The summed E-state index contributed by atoms with van der Waals surface area (Å²) in [7, 11) is 0. The van der Waals surface area contributed by atoms with E-state index in [9.17, 15) is 4.79 Å². The van der Waals surface area contributed by atoms with E-state index in [0.717, 1.165) is 35.2 Å². The monoisotopic (exact) mass is 731 g/mol. The second kappa shape index (κ2) is 12.8. The number of benzene rings is 5. The Morgan fingerprint density at radius 2 is 1.29 bits per heavy atom. The maximum atomic E-state index is 14.6. The predicted molar refractivity (Wildman–Crippen MR) is 210 cm³/mol. The number of carbonyl (C=O) groups excluding carboxylic acids is 1. The molecule has 0 aromatic heterocycles. The summed E-state index contributed by atoms with van der Waals surface area (Å²) in [6.45, 7) is 6.04.